The van der Waals surface area contributed by atoms with Crippen LogP contribution in [0.1, 0.15) is 12.8 Å². The van der Waals surface area contributed by atoms with Crippen LogP contribution in [0, 0.1) is 5.82 Å². The van der Waals surface area contributed by atoms with Gasteiger partial charge in [-0.05, 0) is 31.0 Å². The standard InChI is InChI=1S/C16H19FN4OS/c17-13-3-1-4-14(9-13)20-6-2-5-16(10-20)11-21(7-8-22-16)15-19-18-12-23-15/h1,3-4,9,12H,2,5-8,10-11H2. The molecule has 2 aliphatic rings. The zero-order chi connectivity index (χ0) is 15.7. The van der Waals surface area contributed by atoms with E-state index in [4.69, 9.17) is 4.74 Å². The first-order chi connectivity index (χ1) is 11.2. The number of hydrogen-bond acceptors (Lipinski definition) is 6. The fourth-order valence-electron chi connectivity index (χ4n) is 3.55. The molecule has 2 aromatic rings. The molecule has 0 saturated carbocycles. The molecule has 0 radical (unpaired) electrons. The highest BCUT2D eigenvalue weighted by atomic mass is 32.1. The first kappa shape index (κ1) is 14.8. The van der Waals surface area contributed by atoms with E-state index in [-0.39, 0.29) is 11.4 Å². The number of aromatic nitrogens is 2. The Balaban J connectivity index is 1.53. The summed E-state index contributed by atoms with van der Waals surface area (Å²) in [5, 5.41) is 9.07. The lowest BCUT2D eigenvalue weighted by Gasteiger charge is -2.48. The fraction of sp³-hybridized carbons (Fsp3) is 0.500. The van der Waals surface area contributed by atoms with E-state index in [1.807, 2.05) is 6.07 Å². The molecule has 1 aromatic carbocycles. The lowest BCUT2D eigenvalue weighted by molar-refractivity contribution is -0.0629. The van der Waals surface area contributed by atoms with Crippen LogP contribution in [0.2, 0.25) is 0 Å². The minimum Gasteiger partial charge on any atom is -0.369 e. The van der Waals surface area contributed by atoms with E-state index in [9.17, 15) is 4.39 Å². The number of hydrogen-bond donors (Lipinski definition) is 0. The SMILES string of the molecule is Fc1cccc(N2CCCC3(C2)CN(c2nncs2)CCO3)c1. The molecule has 0 aliphatic carbocycles. The van der Waals surface area contributed by atoms with Crippen LogP contribution >= 0.6 is 11.3 Å². The van der Waals surface area contributed by atoms with Crippen LogP contribution in [0.3, 0.4) is 0 Å². The van der Waals surface area contributed by atoms with Crippen molar-refractivity contribution in [3.05, 3.63) is 35.6 Å². The third kappa shape index (κ3) is 3.03. The molecule has 1 aromatic heterocycles. The topological polar surface area (TPSA) is 41.5 Å². The van der Waals surface area contributed by atoms with Gasteiger partial charge in [-0.2, -0.15) is 0 Å². The molecule has 5 nitrogen and oxygen atoms in total. The molecule has 4 rings (SSSR count). The summed E-state index contributed by atoms with van der Waals surface area (Å²) < 4.78 is 19.7. The molecular weight excluding hydrogens is 315 g/mol. The number of benzene rings is 1. The van der Waals surface area contributed by atoms with Crippen LogP contribution in [0.15, 0.2) is 29.8 Å². The Morgan fingerprint density at radius 3 is 2.96 bits per heavy atom. The smallest absolute Gasteiger partial charge is 0.208 e. The molecule has 1 spiro atoms. The van der Waals surface area contributed by atoms with Gasteiger partial charge in [-0.3, -0.25) is 0 Å². The molecule has 0 bridgehead atoms. The molecule has 2 fully saturated rings. The van der Waals surface area contributed by atoms with E-state index in [0.717, 1.165) is 49.8 Å². The van der Waals surface area contributed by atoms with Gasteiger partial charge >= 0.3 is 0 Å². The Morgan fingerprint density at radius 2 is 2.13 bits per heavy atom. The lowest BCUT2D eigenvalue weighted by Crippen LogP contribution is -2.60. The number of ether oxygens (including phenoxy) is 1. The molecular formula is C16H19FN4OS. The molecule has 7 heteroatoms. The maximum atomic E-state index is 13.5. The first-order valence-corrected chi connectivity index (χ1v) is 8.78. The average molecular weight is 334 g/mol. The molecule has 0 amide bonds. The summed E-state index contributed by atoms with van der Waals surface area (Å²) in [6.45, 7) is 4.07. The summed E-state index contributed by atoms with van der Waals surface area (Å²) in [5.41, 5.74) is 2.48. The zero-order valence-corrected chi connectivity index (χ0v) is 13.6. The lowest BCUT2D eigenvalue weighted by atomic mass is 9.90. The van der Waals surface area contributed by atoms with Gasteiger partial charge in [-0.15, -0.1) is 10.2 Å². The van der Waals surface area contributed by atoms with Crippen molar-refractivity contribution in [2.45, 2.75) is 18.4 Å². The number of rotatable bonds is 2. The monoisotopic (exact) mass is 334 g/mol. The normalized spacial score (nSPS) is 25.1. The van der Waals surface area contributed by atoms with Crippen molar-refractivity contribution < 1.29 is 9.13 Å². The van der Waals surface area contributed by atoms with Gasteiger partial charge < -0.3 is 14.5 Å². The van der Waals surface area contributed by atoms with Gasteiger partial charge in [-0.25, -0.2) is 4.39 Å². The van der Waals surface area contributed by atoms with Gasteiger partial charge in [0.15, 0.2) is 0 Å². The van der Waals surface area contributed by atoms with Crippen LogP contribution in [-0.2, 0) is 4.74 Å². The Hall–Kier alpha value is -1.73. The van der Waals surface area contributed by atoms with Crippen molar-refractivity contribution >= 4 is 22.2 Å². The zero-order valence-electron chi connectivity index (χ0n) is 12.8. The van der Waals surface area contributed by atoms with Crippen LogP contribution in [0.25, 0.3) is 0 Å². The summed E-state index contributed by atoms with van der Waals surface area (Å²) >= 11 is 1.56. The molecule has 2 aliphatic heterocycles. The third-order valence-electron chi connectivity index (χ3n) is 4.58. The summed E-state index contributed by atoms with van der Waals surface area (Å²) in [6, 6.07) is 6.82. The highest BCUT2D eigenvalue weighted by molar-refractivity contribution is 7.13. The predicted octanol–water partition coefficient (Wildman–Crippen LogP) is 2.55. The minimum absolute atomic E-state index is 0.192. The van der Waals surface area contributed by atoms with Crippen molar-refractivity contribution in [3.63, 3.8) is 0 Å². The van der Waals surface area contributed by atoms with Crippen molar-refractivity contribution in [2.75, 3.05) is 42.6 Å². The number of morpholine rings is 1. The fourth-order valence-corrected chi connectivity index (χ4v) is 4.14. The maximum Gasteiger partial charge on any atom is 0.208 e. The Labute approximate surface area is 138 Å². The maximum absolute atomic E-state index is 13.5. The van der Waals surface area contributed by atoms with E-state index in [1.54, 1.807) is 29.0 Å². The average Bonchev–Trinajstić information content (AvgIpc) is 3.10. The van der Waals surface area contributed by atoms with Crippen LogP contribution in [0.4, 0.5) is 15.2 Å². The predicted molar refractivity (Wildman–Crippen MR) is 88.7 cm³/mol. The minimum atomic E-state index is -0.214. The third-order valence-corrected chi connectivity index (χ3v) is 5.33. The molecule has 1 unspecified atom stereocenters. The first-order valence-electron chi connectivity index (χ1n) is 7.90. The van der Waals surface area contributed by atoms with Gasteiger partial charge in [0.05, 0.1) is 13.2 Å². The summed E-state index contributed by atoms with van der Waals surface area (Å²) in [7, 11) is 0. The van der Waals surface area contributed by atoms with Crippen molar-refractivity contribution in [1.82, 2.24) is 10.2 Å². The van der Waals surface area contributed by atoms with Gasteiger partial charge in [0, 0.05) is 25.3 Å². The Bertz CT molecular complexity index is 664. The van der Waals surface area contributed by atoms with Crippen molar-refractivity contribution in [1.29, 1.82) is 0 Å². The van der Waals surface area contributed by atoms with E-state index in [1.165, 1.54) is 6.07 Å². The number of nitrogens with zero attached hydrogens (tertiary/aromatic N) is 4. The number of halogens is 1. The largest absolute Gasteiger partial charge is 0.369 e. The van der Waals surface area contributed by atoms with Crippen LogP contribution in [-0.4, -0.2) is 48.6 Å². The summed E-state index contributed by atoms with van der Waals surface area (Å²) in [4.78, 5) is 4.49. The van der Waals surface area contributed by atoms with E-state index < -0.39 is 0 Å². The second kappa shape index (κ2) is 6.05. The Kier molecular flexibility index (Phi) is 3.90. The van der Waals surface area contributed by atoms with Crippen LogP contribution < -0.4 is 9.80 Å². The molecule has 23 heavy (non-hydrogen) atoms. The highest BCUT2D eigenvalue weighted by Gasteiger charge is 2.41. The highest BCUT2D eigenvalue weighted by Crippen LogP contribution is 2.33. The van der Waals surface area contributed by atoms with Crippen molar-refractivity contribution in [3.8, 4) is 0 Å². The van der Waals surface area contributed by atoms with Gasteiger partial charge in [0.1, 0.15) is 16.9 Å². The van der Waals surface area contributed by atoms with Crippen molar-refractivity contribution in [2.24, 2.45) is 0 Å². The number of piperidine rings is 1. The molecule has 0 N–H and O–H groups in total. The summed E-state index contributed by atoms with van der Waals surface area (Å²) in [5.74, 6) is -0.192. The van der Waals surface area contributed by atoms with E-state index in [2.05, 4.69) is 20.0 Å². The molecule has 122 valence electrons. The van der Waals surface area contributed by atoms with Crippen LogP contribution in [0.5, 0.6) is 0 Å². The molecule has 3 heterocycles. The van der Waals surface area contributed by atoms with E-state index in [0.29, 0.717) is 6.61 Å². The molecule has 2 saturated heterocycles. The van der Waals surface area contributed by atoms with Gasteiger partial charge in [0.25, 0.3) is 0 Å². The Morgan fingerprint density at radius 1 is 1.22 bits per heavy atom. The van der Waals surface area contributed by atoms with Gasteiger partial charge in [-0.1, -0.05) is 17.4 Å². The number of anilines is 2. The second-order valence-corrected chi connectivity index (χ2v) is 6.99. The van der Waals surface area contributed by atoms with E-state index >= 15 is 0 Å². The quantitative estimate of drug-likeness (QED) is 0.844. The summed E-state index contributed by atoms with van der Waals surface area (Å²) in [6.07, 6.45) is 2.06. The second-order valence-electron chi connectivity index (χ2n) is 6.18. The molecule has 1 atom stereocenters. The van der Waals surface area contributed by atoms with Gasteiger partial charge in [0.2, 0.25) is 5.13 Å².